The van der Waals surface area contributed by atoms with Crippen molar-refractivity contribution in [3.8, 4) is 0 Å². The molecule has 1 aromatic rings. The maximum absolute atomic E-state index is 14.3. The maximum atomic E-state index is 14.3. The van der Waals surface area contributed by atoms with Gasteiger partial charge >= 0.3 is 6.09 Å². The molecule has 1 aliphatic heterocycles. The summed E-state index contributed by atoms with van der Waals surface area (Å²) in [6.07, 6.45) is 1.65. The van der Waals surface area contributed by atoms with Gasteiger partial charge in [0.05, 0.1) is 10.5 Å². The molecule has 2 atom stereocenters. The SMILES string of the molecule is CC(C)(C)OC(=O)N1CCC[C@H](N)C1Cc1cccc(Br)c1F. The van der Waals surface area contributed by atoms with E-state index < -0.39 is 5.60 Å². The topological polar surface area (TPSA) is 55.6 Å². The fraction of sp³-hybridized carbons (Fsp3) is 0.588. The minimum absolute atomic E-state index is 0.186. The number of benzene rings is 1. The van der Waals surface area contributed by atoms with Gasteiger partial charge in [-0.3, -0.25) is 0 Å². The lowest BCUT2D eigenvalue weighted by Gasteiger charge is -2.40. The van der Waals surface area contributed by atoms with Crippen LogP contribution in [0.1, 0.15) is 39.2 Å². The van der Waals surface area contributed by atoms with Crippen LogP contribution in [0.3, 0.4) is 0 Å². The first-order valence-electron chi connectivity index (χ1n) is 7.87. The van der Waals surface area contributed by atoms with Crippen LogP contribution in [0, 0.1) is 5.82 Å². The van der Waals surface area contributed by atoms with Crippen molar-refractivity contribution >= 4 is 22.0 Å². The van der Waals surface area contributed by atoms with Gasteiger partial charge in [0.15, 0.2) is 0 Å². The molecule has 0 aromatic heterocycles. The highest BCUT2D eigenvalue weighted by Gasteiger charge is 2.35. The van der Waals surface area contributed by atoms with Crippen molar-refractivity contribution in [2.45, 2.75) is 57.7 Å². The highest BCUT2D eigenvalue weighted by atomic mass is 79.9. The highest BCUT2D eigenvalue weighted by molar-refractivity contribution is 9.10. The van der Waals surface area contributed by atoms with Gasteiger partial charge in [-0.25, -0.2) is 9.18 Å². The van der Waals surface area contributed by atoms with E-state index in [0.717, 1.165) is 12.8 Å². The maximum Gasteiger partial charge on any atom is 0.410 e. The molecule has 1 heterocycles. The van der Waals surface area contributed by atoms with Gasteiger partial charge in [-0.05, 0) is 67.6 Å². The van der Waals surface area contributed by atoms with Crippen molar-refractivity contribution < 1.29 is 13.9 Å². The molecule has 1 fully saturated rings. The summed E-state index contributed by atoms with van der Waals surface area (Å²) in [5.41, 5.74) is 6.21. The Morgan fingerprint density at radius 3 is 2.83 bits per heavy atom. The molecule has 6 heteroatoms. The van der Waals surface area contributed by atoms with Gasteiger partial charge in [0, 0.05) is 12.6 Å². The molecule has 2 rings (SSSR count). The molecule has 1 unspecified atom stereocenters. The number of halogens is 2. The van der Waals surface area contributed by atoms with Crippen molar-refractivity contribution in [1.82, 2.24) is 4.90 Å². The molecule has 0 spiro atoms. The number of piperidine rings is 1. The molecule has 0 saturated carbocycles. The number of hydrogen-bond donors (Lipinski definition) is 1. The van der Waals surface area contributed by atoms with E-state index in [1.165, 1.54) is 0 Å². The smallest absolute Gasteiger partial charge is 0.410 e. The Morgan fingerprint density at radius 2 is 2.17 bits per heavy atom. The van der Waals surface area contributed by atoms with Crippen molar-refractivity contribution in [2.24, 2.45) is 5.73 Å². The van der Waals surface area contributed by atoms with Crippen LogP contribution < -0.4 is 5.73 Å². The summed E-state index contributed by atoms with van der Waals surface area (Å²) in [6, 6.07) is 4.73. The van der Waals surface area contributed by atoms with E-state index in [4.69, 9.17) is 10.5 Å². The lowest BCUT2D eigenvalue weighted by atomic mass is 9.91. The minimum Gasteiger partial charge on any atom is -0.444 e. The molecule has 1 saturated heterocycles. The van der Waals surface area contributed by atoms with Crippen molar-refractivity contribution in [3.63, 3.8) is 0 Å². The number of hydrogen-bond acceptors (Lipinski definition) is 3. The molecular formula is C17H24BrFN2O2. The predicted octanol–water partition coefficient (Wildman–Crippen LogP) is 3.86. The third-order valence-corrected chi connectivity index (χ3v) is 4.53. The van der Waals surface area contributed by atoms with Gasteiger partial charge in [-0.1, -0.05) is 12.1 Å². The third-order valence-electron chi connectivity index (χ3n) is 3.92. The number of nitrogens with two attached hydrogens (primary N) is 1. The lowest BCUT2D eigenvalue weighted by Crippen LogP contribution is -2.56. The monoisotopic (exact) mass is 386 g/mol. The molecule has 23 heavy (non-hydrogen) atoms. The van der Waals surface area contributed by atoms with Crippen LogP contribution in [0.25, 0.3) is 0 Å². The molecule has 1 aliphatic rings. The second kappa shape index (κ2) is 7.18. The van der Waals surface area contributed by atoms with Crippen LogP contribution in [-0.2, 0) is 11.2 Å². The first kappa shape index (κ1) is 18.2. The van der Waals surface area contributed by atoms with Crippen LogP contribution in [-0.4, -0.2) is 35.2 Å². The summed E-state index contributed by atoms with van der Waals surface area (Å²) >= 11 is 3.20. The van der Waals surface area contributed by atoms with Crippen LogP contribution in [0.4, 0.5) is 9.18 Å². The standard InChI is InChI=1S/C17H24BrFN2O2/c1-17(2,3)23-16(22)21-9-5-8-13(20)14(21)10-11-6-4-7-12(18)15(11)19/h4,6-7,13-14H,5,8-10,20H2,1-3H3/t13-,14?/m0/s1. The molecule has 0 aliphatic carbocycles. The summed E-state index contributed by atoms with van der Waals surface area (Å²) in [4.78, 5) is 14.1. The van der Waals surface area contributed by atoms with Gasteiger partial charge in [-0.2, -0.15) is 0 Å². The van der Waals surface area contributed by atoms with E-state index in [0.29, 0.717) is 23.0 Å². The summed E-state index contributed by atoms with van der Waals surface area (Å²) in [7, 11) is 0. The molecular weight excluding hydrogens is 363 g/mol. The van der Waals surface area contributed by atoms with E-state index in [2.05, 4.69) is 15.9 Å². The van der Waals surface area contributed by atoms with Crippen LogP contribution in [0.15, 0.2) is 22.7 Å². The zero-order valence-electron chi connectivity index (χ0n) is 13.8. The highest BCUT2D eigenvalue weighted by Crippen LogP contribution is 2.26. The lowest BCUT2D eigenvalue weighted by molar-refractivity contribution is 0.00684. The Hall–Kier alpha value is -1.14. The number of nitrogens with zero attached hydrogens (tertiary/aromatic N) is 1. The number of likely N-dealkylation sites (tertiary alicyclic amines) is 1. The summed E-state index contributed by atoms with van der Waals surface area (Å²) in [5.74, 6) is -0.297. The Morgan fingerprint density at radius 1 is 1.48 bits per heavy atom. The van der Waals surface area contributed by atoms with Gasteiger partial charge in [0.2, 0.25) is 0 Å². The number of carbonyl (C=O) groups excluding carboxylic acids is 1. The van der Waals surface area contributed by atoms with Crippen molar-refractivity contribution in [2.75, 3.05) is 6.54 Å². The van der Waals surface area contributed by atoms with E-state index >= 15 is 0 Å². The first-order chi connectivity index (χ1) is 10.7. The Kier molecular flexibility index (Phi) is 5.68. The Labute approximate surface area is 145 Å². The van der Waals surface area contributed by atoms with Gasteiger partial charge < -0.3 is 15.4 Å². The Bertz CT molecular complexity index is 574. The molecule has 1 aromatic carbocycles. The van der Waals surface area contributed by atoms with Crippen LogP contribution in [0.5, 0.6) is 0 Å². The third kappa shape index (κ3) is 4.67. The van der Waals surface area contributed by atoms with Gasteiger partial charge in [0.1, 0.15) is 11.4 Å². The van der Waals surface area contributed by atoms with Crippen LogP contribution >= 0.6 is 15.9 Å². The zero-order chi connectivity index (χ0) is 17.2. The normalized spacial score (nSPS) is 22.1. The molecule has 2 N–H and O–H groups in total. The fourth-order valence-corrected chi connectivity index (χ4v) is 3.23. The number of rotatable bonds is 2. The van der Waals surface area contributed by atoms with Crippen molar-refractivity contribution in [3.05, 3.63) is 34.1 Å². The summed E-state index contributed by atoms with van der Waals surface area (Å²) in [6.45, 7) is 6.08. The van der Waals surface area contributed by atoms with Gasteiger partial charge in [-0.15, -0.1) is 0 Å². The number of carbonyl (C=O) groups is 1. The number of amides is 1. The zero-order valence-corrected chi connectivity index (χ0v) is 15.4. The molecule has 0 bridgehead atoms. The first-order valence-corrected chi connectivity index (χ1v) is 8.66. The number of ether oxygens (including phenoxy) is 1. The van der Waals surface area contributed by atoms with E-state index in [1.807, 2.05) is 20.8 Å². The van der Waals surface area contributed by atoms with Gasteiger partial charge in [0.25, 0.3) is 0 Å². The largest absolute Gasteiger partial charge is 0.444 e. The van der Waals surface area contributed by atoms with E-state index in [9.17, 15) is 9.18 Å². The molecule has 128 valence electrons. The molecule has 4 nitrogen and oxygen atoms in total. The van der Waals surface area contributed by atoms with E-state index in [1.54, 1.807) is 23.1 Å². The average molecular weight is 387 g/mol. The minimum atomic E-state index is -0.565. The molecule has 1 amide bonds. The molecule has 0 radical (unpaired) electrons. The predicted molar refractivity (Wildman–Crippen MR) is 91.7 cm³/mol. The van der Waals surface area contributed by atoms with E-state index in [-0.39, 0.29) is 24.0 Å². The second-order valence-corrected chi connectivity index (χ2v) is 7.82. The fourth-order valence-electron chi connectivity index (χ4n) is 2.83. The van der Waals surface area contributed by atoms with Crippen molar-refractivity contribution in [1.29, 1.82) is 0 Å². The summed E-state index contributed by atoms with van der Waals surface area (Å²) < 4.78 is 20.2. The second-order valence-electron chi connectivity index (χ2n) is 6.96. The summed E-state index contributed by atoms with van der Waals surface area (Å²) in [5, 5.41) is 0. The van der Waals surface area contributed by atoms with Crippen LogP contribution in [0.2, 0.25) is 0 Å². The Balaban J connectivity index is 2.21. The quantitative estimate of drug-likeness (QED) is 0.839. The average Bonchev–Trinajstić information content (AvgIpc) is 2.44.